The zero-order valence-electron chi connectivity index (χ0n) is 18.4. The van der Waals surface area contributed by atoms with Gasteiger partial charge in [0.15, 0.2) is 0 Å². The lowest BCUT2D eigenvalue weighted by atomic mass is 9.77. The van der Waals surface area contributed by atoms with Crippen molar-refractivity contribution in [3.63, 3.8) is 0 Å². The van der Waals surface area contributed by atoms with Crippen LogP contribution in [0.15, 0.2) is 103 Å². The average molecular weight is 560 g/mol. The maximum atomic E-state index is 11.9. The molecule has 5 nitrogen and oxygen atoms in total. The molecule has 0 bridgehead atoms. The third-order valence-corrected chi connectivity index (χ3v) is 6.84. The van der Waals surface area contributed by atoms with Gasteiger partial charge < -0.3 is 9.84 Å². The molecule has 34 heavy (non-hydrogen) atoms. The van der Waals surface area contributed by atoms with Crippen LogP contribution in [0.4, 0.5) is 0 Å². The number of hydrogen-bond acceptors (Lipinski definition) is 3. The van der Waals surface area contributed by atoms with Gasteiger partial charge in [0.25, 0.3) is 0 Å². The van der Waals surface area contributed by atoms with E-state index in [1.54, 1.807) is 6.07 Å². The number of benzene rings is 4. The van der Waals surface area contributed by atoms with Crippen LogP contribution in [0.5, 0.6) is 5.75 Å². The van der Waals surface area contributed by atoms with Gasteiger partial charge in [-0.25, -0.2) is 9.48 Å². The largest absolute Gasteiger partial charge is 0.495 e. The molecule has 0 saturated heterocycles. The molecule has 0 aliphatic heterocycles. The van der Waals surface area contributed by atoms with E-state index in [0.29, 0.717) is 14.8 Å². The van der Waals surface area contributed by atoms with Gasteiger partial charge >= 0.3 is 5.97 Å². The van der Waals surface area contributed by atoms with Crippen molar-refractivity contribution in [2.45, 2.75) is 5.54 Å². The predicted molar refractivity (Wildman–Crippen MR) is 141 cm³/mol. The lowest BCUT2D eigenvalue weighted by Gasteiger charge is -2.37. The minimum atomic E-state index is -1.04. The molecule has 0 amide bonds. The van der Waals surface area contributed by atoms with Crippen molar-refractivity contribution in [2.24, 2.45) is 0 Å². The van der Waals surface area contributed by atoms with E-state index < -0.39 is 11.5 Å². The van der Waals surface area contributed by atoms with Crippen LogP contribution >= 0.6 is 22.6 Å². The highest BCUT2D eigenvalue weighted by Gasteiger charge is 2.41. The Labute approximate surface area is 210 Å². The van der Waals surface area contributed by atoms with Gasteiger partial charge in [-0.05, 0) is 51.4 Å². The van der Waals surface area contributed by atoms with Crippen LogP contribution in [0, 0.1) is 3.70 Å². The van der Waals surface area contributed by atoms with E-state index in [4.69, 9.17) is 9.84 Å². The zero-order chi connectivity index (χ0) is 23.7. The molecule has 5 aromatic rings. The molecule has 4 aromatic carbocycles. The van der Waals surface area contributed by atoms with E-state index in [-0.39, 0.29) is 5.56 Å². The lowest BCUT2D eigenvalue weighted by Crippen LogP contribution is -2.38. The molecule has 1 aromatic heterocycles. The molecular formula is C28H21IN2O3. The molecule has 0 radical (unpaired) electrons. The standard InChI is InChI=1S/C28H21IN2O3/c1-34-25-22(27(32)33)17-18-23-24(25)26(29)30-31(23)28(19-11-5-2-6-12-19,20-13-7-3-8-14-20)21-15-9-4-10-16-21/h2-18H,1H3,(H,32,33). The second kappa shape index (κ2) is 8.95. The van der Waals surface area contributed by atoms with E-state index in [1.165, 1.54) is 7.11 Å². The number of carboxylic acids is 1. The Kier molecular flexibility index (Phi) is 5.83. The van der Waals surface area contributed by atoms with Gasteiger partial charge in [0.2, 0.25) is 0 Å². The van der Waals surface area contributed by atoms with Crippen LogP contribution in [0.1, 0.15) is 27.0 Å². The third-order valence-electron chi connectivity index (χ3n) is 6.08. The van der Waals surface area contributed by atoms with Gasteiger partial charge in [0, 0.05) is 0 Å². The topological polar surface area (TPSA) is 64.3 Å². The monoisotopic (exact) mass is 560 g/mol. The number of ether oxygens (including phenoxy) is 1. The van der Waals surface area contributed by atoms with Gasteiger partial charge in [-0.15, -0.1) is 0 Å². The first kappa shape index (κ1) is 22.2. The summed E-state index contributed by atoms with van der Waals surface area (Å²) in [5.74, 6) is -0.730. The molecule has 6 heteroatoms. The van der Waals surface area contributed by atoms with Gasteiger partial charge in [-0.3, -0.25) is 0 Å². The summed E-state index contributed by atoms with van der Waals surface area (Å²) in [4.78, 5) is 11.9. The van der Waals surface area contributed by atoms with Gasteiger partial charge in [-0.1, -0.05) is 91.0 Å². The molecule has 0 aliphatic carbocycles. The fraction of sp³-hybridized carbons (Fsp3) is 0.0714. The van der Waals surface area contributed by atoms with Gasteiger partial charge in [0.05, 0.1) is 18.0 Å². The number of aromatic nitrogens is 2. The molecule has 0 fully saturated rings. The van der Waals surface area contributed by atoms with E-state index in [9.17, 15) is 9.90 Å². The number of methoxy groups -OCH3 is 1. The van der Waals surface area contributed by atoms with E-state index in [1.807, 2.05) is 65.3 Å². The van der Waals surface area contributed by atoms with Crippen LogP contribution in [0.3, 0.4) is 0 Å². The number of fused-ring (bicyclic) bond motifs is 1. The molecule has 1 heterocycles. The summed E-state index contributed by atoms with van der Waals surface area (Å²) >= 11 is 2.16. The molecule has 1 N–H and O–H groups in total. The van der Waals surface area contributed by atoms with Crippen LogP contribution in [0.25, 0.3) is 10.9 Å². The highest BCUT2D eigenvalue weighted by Crippen LogP contribution is 2.44. The maximum Gasteiger partial charge on any atom is 0.339 e. The molecule has 0 spiro atoms. The maximum absolute atomic E-state index is 11.9. The van der Waals surface area contributed by atoms with E-state index in [2.05, 4.69) is 59.0 Å². The second-order valence-corrected chi connectivity index (χ2v) is 8.88. The van der Waals surface area contributed by atoms with Crippen LogP contribution in [0.2, 0.25) is 0 Å². The Morgan fingerprint density at radius 1 is 0.824 bits per heavy atom. The molecule has 0 saturated carbocycles. The quantitative estimate of drug-likeness (QED) is 0.199. The fourth-order valence-corrected chi connectivity index (χ4v) is 5.42. The van der Waals surface area contributed by atoms with Crippen molar-refractivity contribution >= 4 is 39.5 Å². The van der Waals surface area contributed by atoms with Crippen molar-refractivity contribution in [2.75, 3.05) is 7.11 Å². The molecule has 0 atom stereocenters. The Balaban J connectivity index is 1.98. The third kappa shape index (κ3) is 3.37. The Morgan fingerprint density at radius 2 is 1.29 bits per heavy atom. The number of aromatic carboxylic acids is 1. The number of carbonyl (C=O) groups is 1. The SMILES string of the molecule is COc1c(C(=O)O)ccc2c1c(I)nn2C(c1ccccc1)(c1ccccc1)c1ccccc1. The molecule has 0 aliphatic rings. The van der Waals surface area contributed by atoms with Crippen LogP contribution < -0.4 is 4.74 Å². The highest BCUT2D eigenvalue weighted by atomic mass is 127. The summed E-state index contributed by atoms with van der Waals surface area (Å²) in [6.07, 6.45) is 0. The number of rotatable bonds is 6. The van der Waals surface area contributed by atoms with Crippen molar-refractivity contribution in [1.29, 1.82) is 0 Å². The first-order valence-electron chi connectivity index (χ1n) is 10.7. The zero-order valence-corrected chi connectivity index (χ0v) is 20.5. The predicted octanol–water partition coefficient (Wildman–Crippen LogP) is 6.19. The van der Waals surface area contributed by atoms with Gasteiger partial charge in [0.1, 0.15) is 20.6 Å². The summed E-state index contributed by atoms with van der Waals surface area (Å²) in [5, 5.41) is 15.4. The van der Waals surface area contributed by atoms with Crippen molar-refractivity contribution < 1.29 is 14.6 Å². The van der Waals surface area contributed by atoms with Crippen molar-refractivity contribution in [3.8, 4) is 5.75 Å². The second-order valence-electron chi connectivity index (χ2n) is 7.86. The van der Waals surface area contributed by atoms with E-state index in [0.717, 1.165) is 22.2 Å². The number of nitrogens with zero attached hydrogens (tertiary/aromatic N) is 2. The minimum Gasteiger partial charge on any atom is -0.495 e. The van der Waals surface area contributed by atoms with Crippen molar-refractivity contribution in [3.05, 3.63) is 129 Å². The number of carboxylic acid groups (broad SMARTS) is 1. The van der Waals surface area contributed by atoms with Crippen molar-refractivity contribution in [1.82, 2.24) is 9.78 Å². The Hall–Kier alpha value is -3.65. The van der Waals surface area contributed by atoms with Crippen LogP contribution in [-0.4, -0.2) is 28.0 Å². The first-order valence-corrected chi connectivity index (χ1v) is 11.8. The molecule has 168 valence electrons. The Morgan fingerprint density at radius 3 is 1.71 bits per heavy atom. The minimum absolute atomic E-state index is 0.109. The average Bonchev–Trinajstić information content (AvgIpc) is 3.22. The number of hydrogen-bond donors (Lipinski definition) is 1. The summed E-state index contributed by atoms with van der Waals surface area (Å²) in [5.41, 5.74) is 3.19. The lowest BCUT2D eigenvalue weighted by molar-refractivity contribution is 0.0693. The molecular weight excluding hydrogens is 539 g/mol. The fourth-order valence-electron chi connectivity index (χ4n) is 4.68. The Bertz CT molecular complexity index is 1370. The molecule has 5 rings (SSSR count). The summed E-state index contributed by atoms with van der Waals surface area (Å²) in [7, 11) is 1.49. The van der Waals surface area contributed by atoms with E-state index >= 15 is 0 Å². The summed E-state index contributed by atoms with van der Waals surface area (Å²) < 4.78 is 8.27. The highest BCUT2D eigenvalue weighted by molar-refractivity contribution is 14.1. The first-order chi connectivity index (χ1) is 16.6. The summed E-state index contributed by atoms with van der Waals surface area (Å²) in [6.45, 7) is 0. The molecule has 0 unspecified atom stereocenters. The van der Waals surface area contributed by atoms with Gasteiger partial charge in [-0.2, -0.15) is 5.10 Å². The van der Waals surface area contributed by atoms with Crippen LogP contribution in [-0.2, 0) is 5.54 Å². The summed E-state index contributed by atoms with van der Waals surface area (Å²) in [6, 6.07) is 34.1. The normalized spacial score (nSPS) is 11.5. The number of halogens is 1. The smallest absolute Gasteiger partial charge is 0.339 e.